The van der Waals surface area contributed by atoms with E-state index in [1.54, 1.807) is 24.3 Å². The minimum Gasteiger partial charge on any atom is -0.480 e. The summed E-state index contributed by atoms with van der Waals surface area (Å²) in [4.78, 5) is 35.4. The van der Waals surface area contributed by atoms with Gasteiger partial charge in [0.25, 0.3) is 0 Å². The normalized spacial score (nSPS) is 17.9. The average molecular weight is 291 g/mol. The number of carbonyl (C=O) groups is 3. The van der Waals surface area contributed by atoms with Gasteiger partial charge < -0.3 is 14.7 Å². The number of hydrogen-bond acceptors (Lipinski definition) is 4. The molecule has 0 spiro atoms. The molecule has 112 valence electrons. The second-order valence-electron chi connectivity index (χ2n) is 4.98. The molecule has 1 N–H and O–H groups in total. The summed E-state index contributed by atoms with van der Waals surface area (Å²) in [5.74, 6) is -1.42. The van der Waals surface area contributed by atoms with E-state index in [1.165, 1.54) is 12.0 Å². The van der Waals surface area contributed by atoms with E-state index in [4.69, 9.17) is 5.11 Å². The lowest BCUT2D eigenvalue weighted by Crippen LogP contribution is -2.37. The fraction of sp³-hybridized carbons (Fsp3) is 0.400. The smallest absolute Gasteiger partial charge is 0.326 e. The van der Waals surface area contributed by atoms with Crippen molar-refractivity contribution in [2.24, 2.45) is 0 Å². The molecule has 21 heavy (non-hydrogen) atoms. The molecule has 0 radical (unpaired) electrons. The molecular weight excluding hydrogens is 274 g/mol. The highest BCUT2D eigenvalue weighted by Crippen LogP contribution is 2.21. The maximum Gasteiger partial charge on any atom is 0.326 e. The van der Waals surface area contributed by atoms with Crippen molar-refractivity contribution < 1.29 is 24.2 Å². The summed E-state index contributed by atoms with van der Waals surface area (Å²) in [6, 6.07) is 6.41. The van der Waals surface area contributed by atoms with E-state index in [9.17, 15) is 14.4 Å². The molecule has 0 unspecified atom stereocenters. The Morgan fingerprint density at radius 2 is 1.90 bits per heavy atom. The van der Waals surface area contributed by atoms with Crippen molar-refractivity contribution in [1.29, 1.82) is 0 Å². The number of carboxylic acid groups (broad SMARTS) is 1. The summed E-state index contributed by atoms with van der Waals surface area (Å²) >= 11 is 0. The molecule has 1 atom stereocenters. The van der Waals surface area contributed by atoms with Crippen molar-refractivity contribution in [1.82, 2.24) is 4.90 Å². The van der Waals surface area contributed by atoms with Crippen LogP contribution in [0.1, 0.15) is 24.0 Å². The molecule has 1 aromatic rings. The Bertz CT molecular complexity index is 552. The van der Waals surface area contributed by atoms with Gasteiger partial charge in [0.1, 0.15) is 6.04 Å². The van der Waals surface area contributed by atoms with E-state index in [1.807, 2.05) is 0 Å². The second-order valence-corrected chi connectivity index (χ2v) is 4.98. The Labute approximate surface area is 122 Å². The third-order valence-electron chi connectivity index (χ3n) is 3.57. The number of carbonyl (C=O) groups excluding carboxylic acids is 2. The SMILES string of the molecule is COC(=O)Cc1ccc(CN2C(=O)CC[C@@H]2C(=O)O)cc1. The number of likely N-dealkylation sites (tertiary alicyclic amines) is 1. The lowest BCUT2D eigenvalue weighted by atomic mass is 10.1. The Morgan fingerprint density at radius 3 is 2.48 bits per heavy atom. The van der Waals surface area contributed by atoms with Crippen LogP contribution in [0.15, 0.2) is 24.3 Å². The summed E-state index contributed by atoms with van der Waals surface area (Å²) in [5.41, 5.74) is 1.65. The van der Waals surface area contributed by atoms with E-state index in [0.717, 1.165) is 11.1 Å². The predicted molar refractivity (Wildman–Crippen MR) is 73.4 cm³/mol. The summed E-state index contributed by atoms with van der Waals surface area (Å²) in [7, 11) is 1.34. The van der Waals surface area contributed by atoms with Crippen molar-refractivity contribution in [2.45, 2.75) is 31.8 Å². The molecule has 2 rings (SSSR count). The van der Waals surface area contributed by atoms with Gasteiger partial charge in [-0.2, -0.15) is 0 Å². The highest BCUT2D eigenvalue weighted by Gasteiger charge is 2.35. The minimum absolute atomic E-state index is 0.138. The zero-order valence-electron chi connectivity index (χ0n) is 11.7. The van der Waals surface area contributed by atoms with E-state index in [2.05, 4.69) is 4.74 Å². The first-order chi connectivity index (χ1) is 10.0. The third kappa shape index (κ3) is 3.59. The van der Waals surface area contributed by atoms with Crippen LogP contribution in [-0.2, 0) is 32.1 Å². The molecule has 1 aliphatic heterocycles. The van der Waals surface area contributed by atoms with Gasteiger partial charge in [0, 0.05) is 13.0 Å². The second kappa shape index (κ2) is 6.39. The van der Waals surface area contributed by atoms with Crippen LogP contribution in [0.5, 0.6) is 0 Å². The number of nitrogens with zero attached hydrogens (tertiary/aromatic N) is 1. The number of carboxylic acids is 1. The fourth-order valence-corrected chi connectivity index (χ4v) is 2.39. The van der Waals surface area contributed by atoms with Crippen LogP contribution in [0.3, 0.4) is 0 Å². The predicted octanol–water partition coefficient (Wildman–Crippen LogP) is 0.978. The molecule has 1 saturated heterocycles. The Morgan fingerprint density at radius 1 is 1.29 bits per heavy atom. The Kier molecular flexibility index (Phi) is 4.57. The van der Waals surface area contributed by atoms with Crippen LogP contribution < -0.4 is 0 Å². The number of amides is 1. The van der Waals surface area contributed by atoms with Crippen LogP contribution in [0.2, 0.25) is 0 Å². The van der Waals surface area contributed by atoms with Crippen LogP contribution in [-0.4, -0.2) is 41.0 Å². The summed E-state index contributed by atoms with van der Waals surface area (Å²) in [6.45, 7) is 0.272. The third-order valence-corrected chi connectivity index (χ3v) is 3.57. The first-order valence-corrected chi connectivity index (χ1v) is 6.68. The van der Waals surface area contributed by atoms with Gasteiger partial charge in [-0.15, -0.1) is 0 Å². The van der Waals surface area contributed by atoms with Crippen molar-refractivity contribution in [2.75, 3.05) is 7.11 Å². The molecule has 1 heterocycles. The van der Waals surface area contributed by atoms with E-state index in [-0.39, 0.29) is 31.3 Å². The van der Waals surface area contributed by atoms with Crippen molar-refractivity contribution >= 4 is 17.8 Å². The molecule has 6 nitrogen and oxygen atoms in total. The lowest BCUT2D eigenvalue weighted by molar-refractivity contribution is -0.146. The number of ether oxygens (including phenoxy) is 1. The number of benzene rings is 1. The number of hydrogen-bond donors (Lipinski definition) is 1. The largest absolute Gasteiger partial charge is 0.480 e. The van der Waals surface area contributed by atoms with E-state index < -0.39 is 12.0 Å². The first-order valence-electron chi connectivity index (χ1n) is 6.68. The quantitative estimate of drug-likeness (QED) is 0.817. The highest BCUT2D eigenvalue weighted by atomic mass is 16.5. The summed E-state index contributed by atoms with van der Waals surface area (Å²) in [5, 5.41) is 9.10. The molecule has 1 amide bonds. The van der Waals surface area contributed by atoms with Crippen LogP contribution in [0.4, 0.5) is 0 Å². The molecule has 1 aliphatic rings. The maximum absolute atomic E-state index is 11.7. The van der Waals surface area contributed by atoms with Crippen LogP contribution in [0, 0.1) is 0 Å². The standard InChI is InChI=1S/C15H17NO5/c1-21-14(18)8-10-2-4-11(5-3-10)9-16-12(15(19)20)6-7-13(16)17/h2-5,12H,6-9H2,1H3,(H,19,20)/t12-/m1/s1. The van der Waals surface area contributed by atoms with Crippen LogP contribution >= 0.6 is 0 Å². The van der Waals surface area contributed by atoms with Gasteiger partial charge in [-0.3, -0.25) is 9.59 Å². The zero-order valence-corrected chi connectivity index (χ0v) is 11.7. The van der Waals surface area contributed by atoms with Gasteiger partial charge in [-0.05, 0) is 17.5 Å². The molecular formula is C15H17NO5. The van der Waals surface area contributed by atoms with Gasteiger partial charge in [0.15, 0.2) is 0 Å². The monoisotopic (exact) mass is 291 g/mol. The minimum atomic E-state index is -0.969. The van der Waals surface area contributed by atoms with Gasteiger partial charge >= 0.3 is 11.9 Å². The molecule has 0 bridgehead atoms. The molecule has 0 saturated carbocycles. The number of esters is 1. The average Bonchev–Trinajstić information content (AvgIpc) is 2.82. The van der Waals surface area contributed by atoms with Gasteiger partial charge in [0.2, 0.25) is 5.91 Å². The summed E-state index contributed by atoms with van der Waals surface area (Å²) in [6.07, 6.45) is 0.823. The zero-order chi connectivity index (χ0) is 15.4. The van der Waals surface area contributed by atoms with Crippen molar-refractivity contribution in [3.8, 4) is 0 Å². The fourth-order valence-electron chi connectivity index (χ4n) is 2.39. The lowest BCUT2D eigenvalue weighted by Gasteiger charge is -2.21. The van der Waals surface area contributed by atoms with E-state index >= 15 is 0 Å². The molecule has 6 heteroatoms. The molecule has 0 aromatic heterocycles. The van der Waals surface area contributed by atoms with Crippen molar-refractivity contribution in [3.05, 3.63) is 35.4 Å². The van der Waals surface area contributed by atoms with Crippen LogP contribution in [0.25, 0.3) is 0 Å². The Balaban J connectivity index is 2.04. The van der Waals surface area contributed by atoms with E-state index in [0.29, 0.717) is 6.42 Å². The number of rotatable bonds is 5. The van der Waals surface area contributed by atoms with Gasteiger partial charge in [0.05, 0.1) is 13.5 Å². The molecule has 1 fully saturated rings. The molecule has 0 aliphatic carbocycles. The number of methoxy groups -OCH3 is 1. The highest BCUT2D eigenvalue weighted by molar-refractivity contribution is 5.87. The van der Waals surface area contributed by atoms with Gasteiger partial charge in [-0.1, -0.05) is 24.3 Å². The summed E-state index contributed by atoms with van der Waals surface area (Å²) < 4.78 is 4.59. The van der Waals surface area contributed by atoms with Gasteiger partial charge in [-0.25, -0.2) is 4.79 Å². The molecule has 1 aromatic carbocycles. The first kappa shape index (κ1) is 15.0. The Hall–Kier alpha value is -2.37. The topological polar surface area (TPSA) is 83.9 Å². The maximum atomic E-state index is 11.7. The number of aliphatic carboxylic acids is 1. The van der Waals surface area contributed by atoms with Crippen molar-refractivity contribution in [3.63, 3.8) is 0 Å².